The molecular weight excluding hydrogens is 501 g/mol. The smallest absolute Gasteiger partial charge is 0.449 e. The van der Waals surface area contributed by atoms with Gasteiger partial charge in [0.2, 0.25) is 0 Å². The zero-order valence-electron chi connectivity index (χ0n) is 20.0. The molecule has 5 rings (SSSR count). The fourth-order valence-electron chi connectivity index (χ4n) is 4.14. The lowest BCUT2D eigenvalue weighted by Gasteiger charge is -2.11. The first-order valence-electron chi connectivity index (χ1n) is 11.3. The van der Waals surface area contributed by atoms with Gasteiger partial charge in [-0.15, -0.1) is 0 Å². The normalized spacial score (nSPS) is 11.6. The van der Waals surface area contributed by atoms with Crippen molar-refractivity contribution in [2.75, 3.05) is 0 Å². The maximum Gasteiger partial charge on any atom is 0.511 e. The summed E-state index contributed by atoms with van der Waals surface area (Å²) in [4.78, 5) is 30.3. The first-order valence-corrected chi connectivity index (χ1v) is 11.3. The fourth-order valence-corrected chi connectivity index (χ4v) is 4.14. The predicted molar refractivity (Wildman–Crippen MR) is 134 cm³/mol. The summed E-state index contributed by atoms with van der Waals surface area (Å²) in [5.41, 5.74) is 5.87. The average molecular weight is 520 g/mol. The summed E-state index contributed by atoms with van der Waals surface area (Å²) in [5, 5.41) is 9.29. The number of rotatable bonds is 4. The van der Waals surface area contributed by atoms with Crippen LogP contribution in [0.2, 0.25) is 0 Å². The van der Waals surface area contributed by atoms with Gasteiger partial charge in [0, 0.05) is 11.6 Å². The van der Waals surface area contributed by atoms with Crippen molar-refractivity contribution >= 4 is 33.9 Å². The number of H-pyrrole nitrogens is 1. The van der Waals surface area contributed by atoms with Gasteiger partial charge < -0.3 is 19.6 Å². The van der Waals surface area contributed by atoms with Crippen LogP contribution in [0, 0.1) is 13.8 Å². The van der Waals surface area contributed by atoms with E-state index >= 15 is 0 Å². The third kappa shape index (κ3) is 4.75. The van der Waals surface area contributed by atoms with E-state index in [1.54, 1.807) is 6.07 Å². The topological polar surface area (TPSA) is 102 Å². The zero-order chi connectivity index (χ0) is 27.2. The number of nitrogens with zero attached hydrogens (tertiary/aromatic N) is 1. The van der Waals surface area contributed by atoms with E-state index < -0.39 is 24.1 Å². The highest BCUT2D eigenvalue weighted by Crippen LogP contribution is 2.38. The van der Waals surface area contributed by atoms with E-state index in [1.165, 1.54) is 23.3 Å². The van der Waals surface area contributed by atoms with Crippen molar-refractivity contribution in [3.05, 3.63) is 77.9 Å². The molecule has 4 aromatic carbocycles. The van der Waals surface area contributed by atoms with Gasteiger partial charge in [-0.05, 0) is 53.6 Å². The van der Waals surface area contributed by atoms with Crippen LogP contribution in [0.5, 0.6) is 11.5 Å². The molecule has 2 N–H and O–H groups in total. The van der Waals surface area contributed by atoms with Crippen LogP contribution in [0.1, 0.15) is 11.1 Å². The van der Waals surface area contributed by atoms with E-state index in [0.717, 1.165) is 22.8 Å². The number of carbonyl (C=O) groups excluding carboxylic acids is 1. The van der Waals surface area contributed by atoms with Gasteiger partial charge in [0.05, 0.1) is 10.9 Å². The molecule has 0 fully saturated rings. The summed E-state index contributed by atoms with van der Waals surface area (Å²) >= 11 is 0. The summed E-state index contributed by atoms with van der Waals surface area (Å²) in [6, 6.07) is 19.2. The Morgan fingerprint density at radius 1 is 0.842 bits per heavy atom. The molecule has 1 heterocycles. The molecule has 0 atom stereocenters. The maximum absolute atomic E-state index is 13.0. The highest BCUT2D eigenvalue weighted by molar-refractivity contribution is 6.09. The van der Waals surface area contributed by atoms with Crippen molar-refractivity contribution < 1.29 is 37.3 Å². The molecule has 0 saturated heterocycles. The summed E-state index contributed by atoms with van der Waals surface area (Å²) in [5.74, 6) is -2.86. The van der Waals surface area contributed by atoms with E-state index in [9.17, 15) is 22.8 Å². The van der Waals surface area contributed by atoms with Crippen LogP contribution in [-0.2, 0) is 4.79 Å². The number of aromatic nitrogens is 2. The fraction of sp³-hybridized carbons (Fsp3) is 0.107. The summed E-state index contributed by atoms with van der Waals surface area (Å²) in [6.07, 6.45) is -6.94. The number of benzene rings is 4. The predicted octanol–water partition coefficient (Wildman–Crippen LogP) is 7.19. The van der Waals surface area contributed by atoms with Crippen molar-refractivity contribution in [2.24, 2.45) is 0 Å². The number of alkyl halides is 3. The van der Waals surface area contributed by atoms with Crippen molar-refractivity contribution in [3.8, 4) is 34.0 Å². The van der Waals surface area contributed by atoms with Crippen molar-refractivity contribution in [3.63, 3.8) is 0 Å². The zero-order valence-corrected chi connectivity index (χ0v) is 20.0. The molecule has 5 aromatic rings. The minimum Gasteiger partial charge on any atom is -0.449 e. The average Bonchev–Trinajstić information content (AvgIpc) is 3.29. The van der Waals surface area contributed by atoms with Gasteiger partial charge in [-0.1, -0.05) is 48.5 Å². The van der Waals surface area contributed by atoms with E-state index in [2.05, 4.69) is 31.6 Å². The summed E-state index contributed by atoms with van der Waals surface area (Å²) in [7, 11) is 0. The van der Waals surface area contributed by atoms with Crippen LogP contribution in [0.15, 0.2) is 66.7 Å². The largest absolute Gasteiger partial charge is 0.511 e. The lowest BCUT2D eigenvalue weighted by atomic mass is 9.99. The van der Waals surface area contributed by atoms with Gasteiger partial charge in [-0.3, -0.25) is 0 Å². The maximum atomic E-state index is 13.0. The number of aromatic amines is 1. The molecule has 38 heavy (non-hydrogen) atoms. The molecule has 0 radical (unpaired) electrons. The minimum absolute atomic E-state index is 0.0899. The number of nitrogens with one attached hydrogen (secondary N) is 1. The highest BCUT2D eigenvalue weighted by atomic mass is 19.4. The summed E-state index contributed by atoms with van der Waals surface area (Å²) in [6.45, 7) is 4.09. The van der Waals surface area contributed by atoms with Crippen LogP contribution >= 0.6 is 0 Å². The number of fused-ring (bicyclic) bond motifs is 3. The number of aryl methyl sites for hydroxylation is 2. The molecular formula is C28H19F3N2O5. The van der Waals surface area contributed by atoms with E-state index in [1.807, 2.05) is 44.2 Å². The molecule has 0 aliphatic rings. The second-order valence-corrected chi connectivity index (χ2v) is 8.70. The first kappa shape index (κ1) is 24.8. The first-order chi connectivity index (χ1) is 18.0. The molecule has 192 valence electrons. The molecule has 0 amide bonds. The Kier molecular flexibility index (Phi) is 6.02. The number of ether oxygens (including phenoxy) is 2. The molecule has 0 aliphatic heterocycles. The number of hydrogen-bond acceptors (Lipinski definition) is 5. The Balaban J connectivity index is 1.60. The molecule has 10 heteroatoms. The van der Waals surface area contributed by atoms with Gasteiger partial charge in [0.1, 0.15) is 22.8 Å². The Hall–Kier alpha value is -4.86. The molecule has 0 aliphatic carbocycles. The monoisotopic (exact) mass is 520 g/mol. The van der Waals surface area contributed by atoms with Gasteiger partial charge >= 0.3 is 18.3 Å². The quantitative estimate of drug-likeness (QED) is 0.148. The second kappa shape index (κ2) is 9.22. The van der Waals surface area contributed by atoms with Crippen molar-refractivity contribution in [1.29, 1.82) is 0 Å². The lowest BCUT2D eigenvalue weighted by Crippen LogP contribution is -2.28. The molecule has 0 bridgehead atoms. The number of esters is 1. The SMILES string of the molecule is Cc1ccc(-c2ccc(-c3nc4c(ccc5cc(OC(=O)O)cc(OC(=O)C(F)(F)F)c54)[nH]3)cc2)cc1C. The molecule has 0 unspecified atom stereocenters. The Labute approximate surface area is 213 Å². The Bertz CT molecular complexity index is 1720. The second-order valence-electron chi connectivity index (χ2n) is 8.70. The number of hydrogen-bond donors (Lipinski definition) is 2. The number of carbonyl (C=O) groups is 2. The highest BCUT2D eigenvalue weighted by Gasteiger charge is 2.41. The third-order valence-corrected chi connectivity index (χ3v) is 6.14. The van der Waals surface area contributed by atoms with Gasteiger partial charge in [-0.25, -0.2) is 14.6 Å². The van der Waals surface area contributed by atoms with E-state index in [0.29, 0.717) is 11.3 Å². The van der Waals surface area contributed by atoms with Gasteiger partial charge in [-0.2, -0.15) is 13.2 Å². The molecule has 0 saturated carbocycles. The van der Waals surface area contributed by atoms with Crippen LogP contribution < -0.4 is 9.47 Å². The van der Waals surface area contributed by atoms with Crippen LogP contribution in [0.4, 0.5) is 18.0 Å². The molecule has 0 spiro atoms. The van der Waals surface area contributed by atoms with Crippen LogP contribution in [0.25, 0.3) is 44.3 Å². The molecule has 7 nitrogen and oxygen atoms in total. The Morgan fingerprint density at radius 2 is 1.53 bits per heavy atom. The molecule has 1 aromatic heterocycles. The van der Waals surface area contributed by atoms with E-state index in [-0.39, 0.29) is 22.0 Å². The number of imidazole rings is 1. The third-order valence-electron chi connectivity index (χ3n) is 6.14. The van der Waals surface area contributed by atoms with Crippen LogP contribution in [0.3, 0.4) is 0 Å². The van der Waals surface area contributed by atoms with E-state index in [4.69, 9.17) is 5.11 Å². The summed E-state index contributed by atoms with van der Waals surface area (Å²) < 4.78 is 48.1. The minimum atomic E-state index is -5.27. The Morgan fingerprint density at radius 3 is 2.18 bits per heavy atom. The van der Waals surface area contributed by atoms with Crippen LogP contribution in [-0.4, -0.2) is 33.4 Å². The number of halogens is 3. The standard InChI is InChI=1S/C28H19F3N2O5/c1-14-3-4-18(11-15(14)2)16-5-7-17(8-6-16)25-32-21-10-9-19-12-20(37-27(35)36)13-22(23(19)24(21)33-25)38-26(34)28(29,30)31/h3-13H,1-2H3,(H,32,33)(H,35,36). The van der Waals surface area contributed by atoms with Crippen molar-refractivity contribution in [1.82, 2.24) is 9.97 Å². The lowest BCUT2D eigenvalue weighted by molar-refractivity contribution is -0.189. The van der Waals surface area contributed by atoms with Gasteiger partial charge in [0.15, 0.2) is 0 Å². The number of carboxylic acid groups (broad SMARTS) is 1. The van der Waals surface area contributed by atoms with Crippen molar-refractivity contribution in [2.45, 2.75) is 20.0 Å². The van der Waals surface area contributed by atoms with Gasteiger partial charge in [0.25, 0.3) is 0 Å².